The average molecular weight is 336 g/mol. The van der Waals surface area contributed by atoms with Gasteiger partial charge in [-0.2, -0.15) is 13.8 Å². The van der Waals surface area contributed by atoms with Crippen LogP contribution < -0.4 is 16.8 Å². The van der Waals surface area contributed by atoms with E-state index in [0.717, 1.165) is 32.6 Å². The summed E-state index contributed by atoms with van der Waals surface area (Å²) in [6.07, 6.45) is 4.15. The van der Waals surface area contributed by atoms with E-state index < -0.39 is 5.92 Å². The van der Waals surface area contributed by atoms with Gasteiger partial charge >= 0.3 is 0 Å². The molecule has 24 heavy (non-hydrogen) atoms. The molecule has 5 N–H and O–H groups in total. The van der Waals surface area contributed by atoms with Crippen molar-refractivity contribution < 1.29 is 8.78 Å². The molecule has 1 aliphatic rings. The first kappa shape index (κ1) is 17.8. The second-order valence-electron chi connectivity index (χ2n) is 5.83. The predicted molar refractivity (Wildman–Crippen MR) is 91.5 cm³/mol. The van der Waals surface area contributed by atoms with Gasteiger partial charge in [-0.05, 0) is 25.0 Å². The van der Waals surface area contributed by atoms with Crippen LogP contribution in [0.2, 0.25) is 0 Å². The van der Waals surface area contributed by atoms with E-state index in [9.17, 15) is 8.78 Å². The van der Waals surface area contributed by atoms with Crippen LogP contribution in [-0.2, 0) is 5.92 Å². The van der Waals surface area contributed by atoms with Crippen LogP contribution in [0.15, 0.2) is 34.8 Å². The molecule has 0 saturated heterocycles. The SMILES string of the molecule is C=C(NC(N=C(N)N)=NC1CCCC1)c1cccc(C(C)(F)F)n1. The monoisotopic (exact) mass is 336 g/mol. The fourth-order valence-corrected chi connectivity index (χ4v) is 2.46. The molecule has 1 aromatic rings. The number of nitrogens with one attached hydrogen (secondary N) is 1. The molecule has 0 unspecified atom stereocenters. The van der Waals surface area contributed by atoms with E-state index in [1.807, 2.05) is 0 Å². The number of nitrogens with zero attached hydrogens (tertiary/aromatic N) is 3. The lowest BCUT2D eigenvalue weighted by Gasteiger charge is -2.14. The number of rotatable bonds is 4. The molecule has 1 aliphatic carbocycles. The molecule has 0 aromatic carbocycles. The van der Waals surface area contributed by atoms with Gasteiger partial charge in [0, 0.05) is 6.92 Å². The Morgan fingerprint density at radius 2 is 2.00 bits per heavy atom. The summed E-state index contributed by atoms with van der Waals surface area (Å²) in [4.78, 5) is 12.4. The summed E-state index contributed by atoms with van der Waals surface area (Å²) in [5.74, 6) is -2.96. The molecular weight excluding hydrogens is 314 g/mol. The maximum absolute atomic E-state index is 13.4. The van der Waals surface area contributed by atoms with E-state index in [1.54, 1.807) is 6.07 Å². The summed E-state index contributed by atoms with van der Waals surface area (Å²) in [5.41, 5.74) is 11.1. The summed E-state index contributed by atoms with van der Waals surface area (Å²) in [6.45, 7) is 4.61. The van der Waals surface area contributed by atoms with Crippen molar-refractivity contribution in [1.29, 1.82) is 0 Å². The van der Waals surface area contributed by atoms with Crippen molar-refractivity contribution in [1.82, 2.24) is 10.3 Å². The van der Waals surface area contributed by atoms with Crippen molar-refractivity contribution in [3.8, 4) is 0 Å². The topological polar surface area (TPSA) is 102 Å². The van der Waals surface area contributed by atoms with Crippen LogP contribution in [0.3, 0.4) is 0 Å². The number of guanidine groups is 2. The molecule has 1 heterocycles. The van der Waals surface area contributed by atoms with Gasteiger partial charge in [-0.15, -0.1) is 0 Å². The van der Waals surface area contributed by atoms with Crippen molar-refractivity contribution in [2.24, 2.45) is 21.5 Å². The van der Waals surface area contributed by atoms with Crippen LogP contribution in [0.4, 0.5) is 8.78 Å². The Labute approximate surface area is 139 Å². The lowest BCUT2D eigenvalue weighted by atomic mass is 10.2. The molecule has 1 aromatic heterocycles. The maximum Gasteiger partial charge on any atom is 0.286 e. The van der Waals surface area contributed by atoms with Crippen LogP contribution in [0.1, 0.15) is 44.0 Å². The fraction of sp³-hybridized carbons (Fsp3) is 0.438. The highest BCUT2D eigenvalue weighted by atomic mass is 19.3. The van der Waals surface area contributed by atoms with Crippen LogP contribution in [0.5, 0.6) is 0 Å². The second-order valence-corrected chi connectivity index (χ2v) is 5.83. The summed E-state index contributed by atoms with van der Waals surface area (Å²) in [7, 11) is 0. The van der Waals surface area contributed by atoms with Crippen LogP contribution in [-0.4, -0.2) is 22.9 Å². The molecule has 0 amide bonds. The van der Waals surface area contributed by atoms with E-state index in [2.05, 4.69) is 26.9 Å². The minimum Gasteiger partial charge on any atom is -0.370 e. The molecule has 8 heteroatoms. The first-order valence-corrected chi connectivity index (χ1v) is 7.75. The lowest BCUT2D eigenvalue weighted by molar-refractivity contribution is 0.0127. The van der Waals surface area contributed by atoms with Crippen molar-refractivity contribution >= 4 is 17.6 Å². The van der Waals surface area contributed by atoms with E-state index in [-0.39, 0.29) is 29.3 Å². The minimum absolute atomic E-state index is 0.141. The Morgan fingerprint density at radius 1 is 1.33 bits per heavy atom. The zero-order valence-electron chi connectivity index (χ0n) is 13.6. The normalized spacial score (nSPS) is 16.0. The van der Waals surface area contributed by atoms with Gasteiger partial charge in [-0.3, -0.25) is 0 Å². The fourth-order valence-electron chi connectivity index (χ4n) is 2.46. The van der Waals surface area contributed by atoms with Crippen molar-refractivity contribution in [3.05, 3.63) is 36.2 Å². The molecule has 2 rings (SSSR count). The van der Waals surface area contributed by atoms with E-state index >= 15 is 0 Å². The first-order chi connectivity index (χ1) is 11.3. The Balaban J connectivity index is 2.20. The number of alkyl halides is 2. The van der Waals surface area contributed by atoms with Gasteiger partial charge in [0.2, 0.25) is 5.96 Å². The van der Waals surface area contributed by atoms with Crippen molar-refractivity contribution in [3.63, 3.8) is 0 Å². The number of pyridine rings is 1. The van der Waals surface area contributed by atoms with Gasteiger partial charge < -0.3 is 16.8 Å². The van der Waals surface area contributed by atoms with E-state index in [4.69, 9.17) is 11.5 Å². The zero-order chi connectivity index (χ0) is 17.7. The highest BCUT2D eigenvalue weighted by Gasteiger charge is 2.26. The van der Waals surface area contributed by atoms with Gasteiger partial charge in [0.1, 0.15) is 5.69 Å². The lowest BCUT2D eigenvalue weighted by Crippen LogP contribution is -2.30. The smallest absolute Gasteiger partial charge is 0.286 e. The summed E-state index contributed by atoms with van der Waals surface area (Å²) in [6, 6.07) is 4.48. The van der Waals surface area contributed by atoms with Gasteiger partial charge in [0.05, 0.1) is 17.4 Å². The Morgan fingerprint density at radius 3 is 2.58 bits per heavy atom. The summed E-state index contributed by atoms with van der Waals surface area (Å²) < 4.78 is 26.8. The quantitative estimate of drug-likeness (QED) is 0.580. The summed E-state index contributed by atoms with van der Waals surface area (Å²) in [5, 5.41) is 2.87. The molecule has 130 valence electrons. The van der Waals surface area contributed by atoms with Crippen molar-refractivity contribution in [2.45, 2.75) is 44.6 Å². The molecule has 6 nitrogen and oxygen atoms in total. The number of hydrogen-bond acceptors (Lipinski definition) is 2. The van der Waals surface area contributed by atoms with Gasteiger partial charge in [0.25, 0.3) is 5.92 Å². The number of aliphatic imine (C=N–C) groups is 2. The highest BCUT2D eigenvalue weighted by Crippen LogP contribution is 2.26. The van der Waals surface area contributed by atoms with Crippen LogP contribution >= 0.6 is 0 Å². The van der Waals surface area contributed by atoms with Crippen LogP contribution in [0, 0.1) is 0 Å². The third kappa shape index (κ3) is 5.00. The highest BCUT2D eigenvalue weighted by molar-refractivity contribution is 5.97. The zero-order valence-corrected chi connectivity index (χ0v) is 13.6. The van der Waals surface area contributed by atoms with E-state index in [1.165, 1.54) is 12.1 Å². The third-order valence-electron chi connectivity index (χ3n) is 3.64. The standard InChI is InChI=1S/C16H22F2N6/c1-10(12-8-5-9-13(23-12)16(2,17)18)21-15(24-14(19)20)22-11-6-3-4-7-11/h5,8-9,11H,1,3-4,6-7H2,2H3,(H5,19,20,21,22,24). The number of aromatic nitrogens is 1. The number of hydrogen-bond donors (Lipinski definition) is 3. The second kappa shape index (κ2) is 7.37. The number of nitrogens with two attached hydrogens (primary N) is 2. The van der Waals surface area contributed by atoms with Gasteiger partial charge in [-0.1, -0.05) is 25.5 Å². The number of halogens is 2. The minimum atomic E-state index is -3.03. The Kier molecular flexibility index (Phi) is 5.48. The average Bonchev–Trinajstić information content (AvgIpc) is 2.98. The van der Waals surface area contributed by atoms with Crippen molar-refractivity contribution in [2.75, 3.05) is 0 Å². The molecule has 0 radical (unpaired) electrons. The maximum atomic E-state index is 13.4. The first-order valence-electron chi connectivity index (χ1n) is 7.75. The van der Waals surface area contributed by atoms with Gasteiger partial charge in [-0.25, -0.2) is 9.98 Å². The Bertz CT molecular complexity index is 653. The predicted octanol–water partition coefficient (Wildman–Crippen LogP) is 2.33. The molecule has 0 spiro atoms. The summed E-state index contributed by atoms with van der Waals surface area (Å²) >= 11 is 0. The largest absolute Gasteiger partial charge is 0.370 e. The molecular formula is C16H22F2N6. The molecule has 0 aliphatic heterocycles. The van der Waals surface area contributed by atoms with Crippen LogP contribution in [0.25, 0.3) is 5.70 Å². The molecule has 0 atom stereocenters. The third-order valence-corrected chi connectivity index (χ3v) is 3.64. The molecule has 1 saturated carbocycles. The van der Waals surface area contributed by atoms with E-state index in [0.29, 0.717) is 5.70 Å². The van der Waals surface area contributed by atoms with Gasteiger partial charge in [0.15, 0.2) is 5.96 Å². The Hall–Kier alpha value is -2.51. The molecule has 1 fully saturated rings. The molecule has 0 bridgehead atoms.